The van der Waals surface area contributed by atoms with Crippen LogP contribution in [0.25, 0.3) is 22.2 Å². The van der Waals surface area contributed by atoms with Crippen molar-refractivity contribution in [3.63, 3.8) is 0 Å². The van der Waals surface area contributed by atoms with Crippen LogP contribution < -0.4 is 10.6 Å². The lowest BCUT2D eigenvalue weighted by Gasteiger charge is -2.18. The van der Waals surface area contributed by atoms with Gasteiger partial charge >= 0.3 is 0 Å². The standard InChI is InChI=1S/C23H25N7O2S/c1-12(14-5-4-6-15-16(21(31)24-3)7-8-25-20(14)15)10-26-18-9-17(27-11-28-18)19-22(32)29-13(2)30-23(19)33/h4-9,11-12,21,24,31H,10H2,1-3H3,(H,26,27,28)(H2,29,30,32,33)/t12-,21?/m1/s1. The van der Waals surface area contributed by atoms with Crippen molar-refractivity contribution in [1.82, 2.24) is 30.2 Å². The number of aromatic nitrogens is 5. The summed E-state index contributed by atoms with van der Waals surface area (Å²) < 4.78 is 0. The van der Waals surface area contributed by atoms with E-state index in [1.807, 2.05) is 24.3 Å². The maximum absolute atomic E-state index is 10.3. The van der Waals surface area contributed by atoms with E-state index >= 15 is 0 Å². The quantitative estimate of drug-likeness (QED) is 0.159. The Kier molecular flexibility index (Phi) is 6.68. The molecule has 9 nitrogen and oxygen atoms in total. The van der Waals surface area contributed by atoms with Crippen LogP contribution in [-0.2, 0) is 0 Å². The van der Waals surface area contributed by atoms with E-state index in [-0.39, 0.29) is 11.8 Å². The topological polar surface area (TPSA) is 129 Å². The minimum atomic E-state index is -0.766. The van der Waals surface area contributed by atoms with Crippen molar-refractivity contribution in [2.45, 2.75) is 31.0 Å². The van der Waals surface area contributed by atoms with Crippen LogP contribution in [0.4, 0.5) is 5.82 Å². The molecular formula is C23H25N7O2S. The number of benzene rings is 1. The molecule has 1 unspecified atom stereocenters. The number of para-hydroxylation sites is 1. The molecule has 0 bridgehead atoms. The number of aryl methyl sites for hydroxylation is 1. The summed E-state index contributed by atoms with van der Waals surface area (Å²) in [6.45, 7) is 4.36. The molecule has 4 rings (SSSR count). The number of hydrogen-bond acceptors (Lipinski definition) is 10. The Morgan fingerprint density at radius 1 is 1.09 bits per heavy atom. The van der Waals surface area contributed by atoms with Gasteiger partial charge in [-0.25, -0.2) is 15.0 Å². The van der Waals surface area contributed by atoms with E-state index in [2.05, 4.69) is 55.1 Å². The molecule has 0 spiro atoms. The number of pyridine rings is 1. The molecule has 0 fully saturated rings. The first kappa shape index (κ1) is 22.8. The Balaban J connectivity index is 1.58. The molecule has 4 aromatic rings. The Labute approximate surface area is 196 Å². The average molecular weight is 464 g/mol. The van der Waals surface area contributed by atoms with E-state index in [0.717, 1.165) is 22.0 Å². The number of aliphatic hydroxyl groups is 1. The predicted octanol–water partition coefficient (Wildman–Crippen LogP) is 3.21. The zero-order chi connectivity index (χ0) is 23.5. The fourth-order valence-corrected chi connectivity index (χ4v) is 4.10. The zero-order valence-corrected chi connectivity index (χ0v) is 19.4. The molecule has 1 aromatic carbocycles. The van der Waals surface area contributed by atoms with Crippen LogP contribution in [0.2, 0.25) is 0 Å². The van der Waals surface area contributed by atoms with Crippen molar-refractivity contribution >= 4 is 29.3 Å². The van der Waals surface area contributed by atoms with Crippen molar-refractivity contribution < 1.29 is 10.2 Å². The smallest absolute Gasteiger partial charge is 0.225 e. The van der Waals surface area contributed by atoms with Crippen molar-refractivity contribution in [1.29, 1.82) is 0 Å². The summed E-state index contributed by atoms with van der Waals surface area (Å²) in [4.78, 5) is 21.3. The maximum atomic E-state index is 10.3. The molecule has 4 N–H and O–H groups in total. The van der Waals surface area contributed by atoms with Crippen LogP contribution in [0.1, 0.15) is 36.0 Å². The lowest BCUT2D eigenvalue weighted by molar-refractivity contribution is 0.151. The van der Waals surface area contributed by atoms with E-state index in [0.29, 0.717) is 34.5 Å². The number of thiol groups is 1. The third-order valence-corrected chi connectivity index (χ3v) is 5.75. The van der Waals surface area contributed by atoms with Gasteiger partial charge in [-0.2, -0.15) is 4.98 Å². The normalized spacial score (nSPS) is 13.1. The van der Waals surface area contributed by atoms with Crippen LogP contribution in [-0.4, -0.2) is 48.7 Å². The van der Waals surface area contributed by atoms with E-state index in [9.17, 15) is 10.2 Å². The maximum Gasteiger partial charge on any atom is 0.225 e. The fraction of sp³-hybridized carbons (Fsp3) is 0.261. The van der Waals surface area contributed by atoms with Gasteiger partial charge in [0, 0.05) is 35.7 Å². The van der Waals surface area contributed by atoms with Crippen molar-refractivity contribution in [3.8, 4) is 17.1 Å². The number of rotatable bonds is 7. The predicted molar refractivity (Wildman–Crippen MR) is 129 cm³/mol. The third kappa shape index (κ3) is 4.72. The lowest BCUT2D eigenvalue weighted by Crippen LogP contribution is -2.16. The molecule has 0 saturated heterocycles. The Hall–Kier alpha value is -3.34. The summed E-state index contributed by atoms with van der Waals surface area (Å²) in [6, 6.07) is 9.52. The van der Waals surface area contributed by atoms with Crippen molar-refractivity contribution in [2.24, 2.45) is 0 Å². The number of nitrogens with one attached hydrogen (secondary N) is 2. The van der Waals surface area contributed by atoms with Crippen LogP contribution in [0.5, 0.6) is 5.88 Å². The molecule has 2 atom stereocenters. The first-order valence-electron chi connectivity index (χ1n) is 10.4. The van der Waals surface area contributed by atoms with E-state index in [4.69, 9.17) is 0 Å². The molecule has 3 heterocycles. The summed E-state index contributed by atoms with van der Waals surface area (Å²) in [5.74, 6) is 0.945. The van der Waals surface area contributed by atoms with Crippen LogP contribution in [0.3, 0.4) is 0 Å². The average Bonchev–Trinajstić information content (AvgIpc) is 2.81. The number of aliphatic hydroxyl groups excluding tert-OH is 1. The lowest BCUT2D eigenvalue weighted by atomic mass is 9.96. The highest BCUT2D eigenvalue weighted by Gasteiger charge is 2.17. The molecule has 33 heavy (non-hydrogen) atoms. The third-order valence-electron chi connectivity index (χ3n) is 5.43. The largest absolute Gasteiger partial charge is 0.493 e. The SMILES string of the molecule is CNC(O)c1ccnc2c([C@H](C)CNc3cc(-c4c(O)nc(C)nc4S)ncn3)cccc12. The van der Waals surface area contributed by atoms with Gasteiger partial charge in [0.15, 0.2) is 0 Å². The first-order valence-corrected chi connectivity index (χ1v) is 10.9. The second-order valence-electron chi connectivity index (χ2n) is 7.70. The van der Waals surface area contributed by atoms with Gasteiger partial charge in [0.1, 0.15) is 29.2 Å². The molecule has 10 heteroatoms. The Bertz CT molecular complexity index is 1280. The van der Waals surface area contributed by atoms with Gasteiger partial charge in [0.25, 0.3) is 0 Å². The van der Waals surface area contributed by atoms with Gasteiger partial charge in [-0.3, -0.25) is 10.3 Å². The van der Waals surface area contributed by atoms with Crippen molar-refractivity contribution in [3.05, 3.63) is 59.8 Å². The van der Waals surface area contributed by atoms with E-state index in [1.165, 1.54) is 6.33 Å². The highest BCUT2D eigenvalue weighted by Crippen LogP contribution is 2.32. The van der Waals surface area contributed by atoms with Gasteiger partial charge in [-0.1, -0.05) is 25.1 Å². The van der Waals surface area contributed by atoms with Crippen LogP contribution >= 0.6 is 12.6 Å². The van der Waals surface area contributed by atoms with Crippen LogP contribution in [0, 0.1) is 6.92 Å². The highest BCUT2D eigenvalue weighted by molar-refractivity contribution is 7.80. The highest BCUT2D eigenvalue weighted by atomic mass is 32.1. The number of fused-ring (bicyclic) bond motifs is 1. The molecule has 0 aliphatic carbocycles. The van der Waals surface area contributed by atoms with Gasteiger partial charge in [-0.15, -0.1) is 12.6 Å². The molecule has 0 amide bonds. The summed E-state index contributed by atoms with van der Waals surface area (Å²) in [6.07, 6.45) is 2.36. The zero-order valence-electron chi connectivity index (χ0n) is 18.5. The summed E-state index contributed by atoms with van der Waals surface area (Å²) in [5, 5.41) is 28.0. The summed E-state index contributed by atoms with van der Waals surface area (Å²) in [5.41, 5.74) is 3.52. The Morgan fingerprint density at radius 2 is 1.91 bits per heavy atom. The molecule has 0 saturated carbocycles. The number of anilines is 1. The summed E-state index contributed by atoms with van der Waals surface area (Å²) in [7, 11) is 1.71. The number of nitrogens with zero attached hydrogens (tertiary/aromatic N) is 5. The monoisotopic (exact) mass is 463 g/mol. The van der Waals surface area contributed by atoms with Gasteiger partial charge < -0.3 is 15.5 Å². The molecule has 170 valence electrons. The minimum absolute atomic E-state index is 0.0955. The Morgan fingerprint density at radius 3 is 2.67 bits per heavy atom. The number of aromatic hydroxyl groups is 1. The van der Waals surface area contributed by atoms with Gasteiger partial charge in [0.2, 0.25) is 5.88 Å². The summed E-state index contributed by atoms with van der Waals surface area (Å²) >= 11 is 4.36. The van der Waals surface area contributed by atoms with E-state index in [1.54, 1.807) is 26.2 Å². The molecule has 0 radical (unpaired) electrons. The minimum Gasteiger partial charge on any atom is -0.493 e. The van der Waals surface area contributed by atoms with Crippen LogP contribution in [0.15, 0.2) is 47.9 Å². The second-order valence-corrected chi connectivity index (χ2v) is 8.12. The van der Waals surface area contributed by atoms with Crippen molar-refractivity contribution in [2.75, 3.05) is 18.9 Å². The van der Waals surface area contributed by atoms with Gasteiger partial charge in [0.05, 0.1) is 16.8 Å². The molecule has 0 aliphatic heterocycles. The molecular weight excluding hydrogens is 438 g/mol. The van der Waals surface area contributed by atoms with Gasteiger partial charge in [-0.05, 0) is 25.6 Å². The first-order chi connectivity index (χ1) is 15.9. The molecule has 0 aliphatic rings. The van der Waals surface area contributed by atoms with E-state index < -0.39 is 6.23 Å². The molecule has 3 aromatic heterocycles. The number of hydrogen-bond donors (Lipinski definition) is 5. The second kappa shape index (κ2) is 9.65. The fourth-order valence-electron chi connectivity index (χ4n) is 3.74.